The number of hydrogen-bond donors (Lipinski definition) is 19. The van der Waals surface area contributed by atoms with Gasteiger partial charge in [-0.1, -0.05) is 114 Å². The van der Waals surface area contributed by atoms with Crippen molar-refractivity contribution >= 4 is 81.8 Å². The molecule has 31 heteroatoms. The van der Waals surface area contributed by atoms with Crippen molar-refractivity contribution in [2.75, 3.05) is 32.7 Å². The maximum atomic E-state index is 14.9. The van der Waals surface area contributed by atoms with Crippen LogP contribution in [0.2, 0.25) is 0 Å². The topological polar surface area (TPSA) is 535 Å². The van der Waals surface area contributed by atoms with Crippen LogP contribution in [0.5, 0.6) is 0 Å². The first-order chi connectivity index (χ1) is 49.7. The molecule has 0 saturated heterocycles. The molecule has 12 amide bonds. The number of aromatic amines is 1. The number of fused-ring (bicyclic) bond motifs is 1. The lowest BCUT2D eigenvalue weighted by atomic mass is 9.95. The number of H-pyrrole nitrogens is 1. The van der Waals surface area contributed by atoms with E-state index in [0.717, 1.165) is 10.9 Å². The third-order valence-corrected chi connectivity index (χ3v) is 19.1. The number of carbonyl (C=O) groups is 12. The van der Waals surface area contributed by atoms with Crippen LogP contribution in [0, 0.1) is 35.5 Å². The zero-order chi connectivity index (χ0) is 79.0. The molecule has 14 atom stereocenters. The number of carbonyl (C=O) groups excluding carboxylic acids is 12. The zero-order valence-corrected chi connectivity index (χ0v) is 64.7. The largest absolute Gasteiger partial charge is 0.368 e. The van der Waals surface area contributed by atoms with E-state index >= 15 is 0 Å². The van der Waals surface area contributed by atoms with Crippen molar-refractivity contribution in [1.82, 2.24) is 63.5 Å². The van der Waals surface area contributed by atoms with Crippen LogP contribution in [0.25, 0.3) is 10.9 Å². The summed E-state index contributed by atoms with van der Waals surface area (Å²) in [6.07, 6.45) is 8.00. The minimum absolute atomic E-state index is 0.0495. The first-order valence-corrected chi connectivity index (χ1v) is 38.2. The maximum Gasteiger partial charge on any atom is 0.243 e. The summed E-state index contributed by atoms with van der Waals surface area (Å²) in [5.74, 6) is -11.0. The monoisotopic (exact) mass is 1480 g/mol. The average molecular weight is 1480 g/mol. The molecular formula is C74H133N19O12. The Morgan fingerprint density at radius 1 is 0.362 bits per heavy atom. The third-order valence-electron chi connectivity index (χ3n) is 19.1. The van der Waals surface area contributed by atoms with Crippen molar-refractivity contribution in [3.8, 4) is 0 Å². The molecule has 0 saturated carbocycles. The van der Waals surface area contributed by atoms with Crippen molar-refractivity contribution in [3.63, 3.8) is 0 Å². The van der Waals surface area contributed by atoms with E-state index in [1.807, 2.05) is 52.0 Å². The van der Waals surface area contributed by atoms with E-state index in [1.54, 1.807) is 61.6 Å². The number of benzene rings is 1. The molecule has 26 N–H and O–H groups in total. The van der Waals surface area contributed by atoms with Gasteiger partial charge in [0, 0.05) is 23.5 Å². The van der Waals surface area contributed by atoms with Gasteiger partial charge >= 0.3 is 0 Å². The fourth-order valence-electron chi connectivity index (χ4n) is 11.9. The lowest BCUT2D eigenvalue weighted by Gasteiger charge is -2.31. The highest BCUT2D eigenvalue weighted by atomic mass is 16.2. The Bertz CT molecular complexity index is 3040. The summed E-state index contributed by atoms with van der Waals surface area (Å²) in [5.41, 5.74) is 42.3. The normalized spacial score (nSPS) is 15.6. The van der Waals surface area contributed by atoms with E-state index in [-0.39, 0.29) is 69.9 Å². The van der Waals surface area contributed by atoms with E-state index < -0.39 is 167 Å². The molecule has 105 heavy (non-hydrogen) atoms. The number of unbranched alkanes of at least 4 members (excludes halogenated alkanes) is 5. The summed E-state index contributed by atoms with van der Waals surface area (Å²) < 4.78 is 0. The van der Waals surface area contributed by atoms with Gasteiger partial charge < -0.3 is 104 Å². The second kappa shape index (κ2) is 49.9. The summed E-state index contributed by atoms with van der Waals surface area (Å²) in [5, 5.41) is 31.7. The van der Waals surface area contributed by atoms with Gasteiger partial charge in [0.2, 0.25) is 70.9 Å². The Morgan fingerprint density at radius 2 is 0.667 bits per heavy atom. The highest BCUT2D eigenvalue weighted by molar-refractivity contribution is 6.00. The Morgan fingerprint density at radius 3 is 1.05 bits per heavy atom. The van der Waals surface area contributed by atoms with Gasteiger partial charge in [0.25, 0.3) is 0 Å². The van der Waals surface area contributed by atoms with E-state index in [1.165, 1.54) is 0 Å². The quantitative estimate of drug-likeness (QED) is 0.0403. The standard InChI is InChI=1S/C74H133N19O12/c1-13-46(11)61(73(104)89-57(40-48-41-82-50-28-16-15-27-49(48)50)68(99)84-52(30-18-23-35-76)64(95)83-51(63(81)94)29-17-22-34-75)92-67(98)55(33-21-26-38-79)87-71(102)59(44(7)8)90-66(97)54(32-20-25-37-78)86-72(103)60(45(9)10)91-74(105)62(47(12)14-2)93-69(100)56(39-42(3)4)88-65(96)53(31-19-24-36-77)85-70(101)58(80)43(5)6/h15-16,27-28,41-47,51-62,82H,13-14,17-26,29-40,75-80H2,1-12H3,(H2,81,94)(H,83,95)(H,84,99)(H,85,101)(H,86,103)(H,87,102)(H,88,96)(H,89,104)(H,90,97)(H,91,105)(H,92,98)(H,93,100)/t46-,47-,51-,52-,53-,54-,55-,56-,57-,58-,59-,60-,61-,62-/m0/s1. The summed E-state index contributed by atoms with van der Waals surface area (Å²) >= 11 is 0. The fourth-order valence-corrected chi connectivity index (χ4v) is 11.9. The molecule has 596 valence electrons. The van der Waals surface area contributed by atoms with Crippen LogP contribution >= 0.6 is 0 Å². The van der Waals surface area contributed by atoms with Crippen molar-refractivity contribution in [1.29, 1.82) is 0 Å². The lowest BCUT2D eigenvalue weighted by molar-refractivity contribution is -0.137. The third kappa shape index (κ3) is 32.8. The lowest BCUT2D eigenvalue weighted by Crippen LogP contribution is -2.62. The highest BCUT2D eigenvalue weighted by Crippen LogP contribution is 2.22. The number of nitrogens with one attached hydrogen (secondary N) is 12. The predicted octanol–water partition coefficient (Wildman–Crippen LogP) is 0.607. The molecule has 0 aliphatic carbocycles. The smallest absolute Gasteiger partial charge is 0.243 e. The number of rotatable bonds is 54. The number of aromatic nitrogens is 1. The Kier molecular flexibility index (Phi) is 44.3. The molecule has 31 nitrogen and oxygen atoms in total. The first-order valence-electron chi connectivity index (χ1n) is 38.2. The molecule has 2 aromatic rings. The molecule has 0 aliphatic rings. The average Bonchev–Trinajstić information content (AvgIpc) is 1.76. The second-order valence-electron chi connectivity index (χ2n) is 29.4. The maximum absolute atomic E-state index is 14.9. The van der Waals surface area contributed by atoms with E-state index in [9.17, 15) is 57.5 Å². The van der Waals surface area contributed by atoms with Crippen molar-refractivity contribution in [2.45, 2.75) is 278 Å². The molecule has 0 bridgehead atoms. The minimum atomic E-state index is -1.34. The van der Waals surface area contributed by atoms with Crippen LogP contribution in [0.3, 0.4) is 0 Å². The second-order valence-corrected chi connectivity index (χ2v) is 29.4. The predicted molar refractivity (Wildman–Crippen MR) is 408 cm³/mol. The van der Waals surface area contributed by atoms with Gasteiger partial charge in [-0.3, -0.25) is 57.5 Å². The number of para-hydroxylation sites is 1. The van der Waals surface area contributed by atoms with Gasteiger partial charge in [0.1, 0.15) is 66.5 Å². The first kappa shape index (κ1) is 93.2. The number of amides is 12. The van der Waals surface area contributed by atoms with E-state index in [0.29, 0.717) is 102 Å². The molecule has 0 fully saturated rings. The zero-order valence-electron chi connectivity index (χ0n) is 64.7. The van der Waals surface area contributed by atoms with E-state index in [4.69, 9.17) is 40.1 Å². The Labute approximate surface area is 622 Å². The van der Waals surface area contributed by atoms with Gasteiger partial charge in [0.05, 0.1) is 6.04 Å². The van der Waals surface area contributed by atoms with Crippen molar-refractivity contribution in [2.24, 2.45) is 75.6 Å². The van der Waals surface area contributed by atoms with Gasteiger partial charge in [-0.05, 0) is 183 Å². The summed E-state index contributed by atoms with van der Waals surface area (Å²) in [4.78, 5) is 174. The number of nitrogens with two attached hydrogens (primary N) is 7. The molecule has 1 heterocycles. The van der Waals surface area contributed by atoms with Crippen LogP contribution in [-0.4, -0.2) is 181 Å². The van der Waals surface area contributed by atoms with Gasteiger partial charge in [-0.15, -0.1) is 0 Å². The Balaban J connectivity index is 2.54. The van der Waals surface area contributed by atoms with Crippen LogP contribution in [-0.2, 0) is 64.0 Å². The molecule has 2 rings (SSSR count). The fraction of sp³-hybridized carbons (Fsp3) is 0.730. The molecule has 0 unspecified atom stereocenters. The summed E-state index contributed by atoms with van der Waals surface area (Å²) in [7, 11) is 0. The highest BCUT2D eigenvalue weighted by Gasteiger charge is 2.40. The van der Waals surface area contributed by atoms with Crippen LogP contribution in [0.15, 0.2) is 30.5 Å². The molecule has 0 spiro atoms. The number of hydrogen-bond acceptors (Lipinski definition) is 18. The molecule has 1 aromatic heterocycles. The summed E-state index contributed by atoms with van der Waals surface area (Å²) in [6, 6.07) is -6.94. The molecular weight excluding hydrogens is 1350 g/mol. The van der Waals surface area contributed by atoms with Crippen molar-refractivity contribution in [3.05, 3.63) is 36.0 Å². The van der Waals surface area contributed by atoms with Crippen LogP contribution < -0.4 is 98.6 Å². The number of primary amides is 1. The minimum Gasteiger partial charge on any atom is -0.368 e. The van der Waals surface area contributed by atoms with Crippen molar-refractivity contribution < 1.29 is 57.5 Å². The van der Waals surface area contributed by atoms with E-state index in [2.05, 4.69) is 63.5 Å². The molecule has 0 radical (unpaired) electrons. The van der Waals surface area contributed by atoms with Crippen LogP contribution in [0.1, 0.15) is 204 Å². The molecule has 0 aliphatic heterocycles. The molecule has 1 aromatic carbocycles. The van der Waals surface area contributed by atoms with Gasteiger partial charge in [0.15, 0.2) is 0 Å². The summed E-state index contributed by atoms with van der Waals surface area (Å²) in [6.45, 7) is 22.7. The van der Waals surface area contributed by atoms with Gasteiger partial charge in [-0.25, -0.2) is 0 Å². The Hall–Kier alpha value is -7.84. The SMILES string of the molecule is CC[C@H](C)[C@H](NC(=O)[C@H](CCCCN)NC(=O)[C@@H](NC(=O)[C@H](CCCCN)NC(=O)[C@@H](NC(=O)[C@@H](NC(=O)[C@H](CC(C)C)NC(=O)[C@H](CCCCN)NC(=O)[C@@H](N)C(C)C)[C@@H](C)CC)C(C)C)C(C)C)C(=O)N[C@@H](Cc1c[nH]c2ccccc12)C(=O)N[C@@H](CCCCN)C(=O)N[C@@H](CCCCN)C(N)=O. The van der Waals surface area contributed by atoms with Crippen LogP contribution in [0.4, 0.5) is 0 Å². The van der Waals surface area contributed by atoms with Gasteiger partial charge in [-0.2, -0.15) is 0 Å².